The lowest BCUT2D eigenvalue weighted by atomic mass is 9.93. The normalized spacial score (nSPS) is 17.6. The molecule has 1 unspecified atom stereocenters. The number of fused-ring (bicyclic) bond motifs is 1. The number of aryl methyl sites for hydroxylation is 1. The van der Waals surface area contributed by atoms with Gasteiger partial charge in [0.1, 0.15) is 5.82 Å². The van der Waals surface area contributed by atoms with Gasteiger partial charge in [0.25, 0.3) is 0 Å². The molecule has 0 fully saturated rings. The van der Waals surface area contributed by atoms with E-state index in [1.54, 1.807) is 12.1 Å². The number of rotatable bonds is 1. The van der Waals surface area contributed by atoms with E-state index in [0.29, 0.717) is 11.3 Å². The summed E-state index contributed by atoms with van der Waals surface area (Å²) >= 11 is 0. The lowest BCUT2D eigenvalue weighted by Crippen LogP contribution is -2.18. The first-order chi connectivity index (χ1) is 9.61. The Hall–Kier alpha value is -2.12. The predicted molar refractivity (Wildman–Crippen MR) is 75.0 cm³/mol. The van der Waals surface area contributed by atoms with Crippen LogP contribution in [0.2, 0.25) is 0 Å². The predicted octanol–water partition coefficient (Wildman–Crippen LogP) is 3.13. The molecule has 0 saturated carbocycles. The summed E-state index contributed by atoms with van der Waals surface area (Å²) in [7, 11) is 0. The molecule has 1 aliphatic rings. The lowest BCUT2D eigenvalue weighted by molar-refractivity contribution is 0.555. The molecule has 2 aromatic rings. The first-order valence-corrected chi connectivity index (χ1v) is 6.78. The molecule has 3 nitrogen and oxygen atoms in total. The zero-order chi connectivity index (χ0) is 14.3. The molecule has 0 saturated heterocycles. The van der Waals surface area contributed by atoms with Gasteiger partial charge in [-0.25, -0.2) is 4.39 Å². The molecule has 1 atom stereocenters. The summed E-state index contributed by atoms with van der Waals surface area (Å²) in [6.07, 6.45) is 2.91. The smallest absolute Gasteiger partial charge is 0.148 e. The summed E-state index contributed by atoms with van der Waals surface area (Å²) < 4.78 is 16.2. The summed E-state index contributed by atoms with van der Waals surface area (Å²) in [5.41, 5.74) is 10.2. The SMILES string of the molecule is Cc1cc2c(n1-c1ccc(C#N)cc1F)CCCC2N. The Morgan fingerprint density at radius 3 is 2.90 bits per heavy atom. The van der Waals surface area contributed by atoms with Crippen LogP contribution >= 0.6 is 0 Å². The van der Waals surface area contributed by atoms with E-state index >= 15 is 0 Å². The van der Waals surface area contributed by atoms with E-state index in [1.807, 2.05) is 17.6 Å². The first-order valence-electron chi connectivity index (χ1n) is 6.78. The number of hydrogen-bond acceptors (Lipinski definition) is 2. The fourth-order valence-electron chi connectivity index (χ4n) is 3.03. The van der Waals surface area contributed by atoms with Crippen molar-refractivity contribution in [1.82, 2.24) is 4.57 Å². The molecule has 1 aromatic carbocycles. The van der Waals surface area contributed by atoms with Crippen LogP contribution in [0, 0.1) is 24.1 Å². The van der Waals surface area contributed by atoms with Gasteiger partial charge in [-0.1, -0.05) is 0 Å². The molecule has 1 aliphatic carbocycles. The average Bonchev–Trinajstić information content (AvgIpc) is 2.77. The monoisotopic (exact) mass is 269 g/mol. The molecule has 0 spiro atoms. The molecular formula is C16H16FN3. The van der Waals surface area contributed by atoms with Crippen molar-refractivity contribution in [3.8, 4) is 11.8 Å². The van der Waals surface area contributed by atoms with Gasteiger partial charge in [-0.2, -0.15) is 5.26 Å². The maximum Gasteiger partial charge on any atom is 0.148 e. The first kappa shape index (κ1) is 12.9. The summed E-state index contributed by atoms with van der Waals surface area (Å²) in [6.45, 7) is 1.96. The third kappa shape index (κ3) is 1.91. The van der Waals surface area contributed by atoms with Gasteiger partial charge in [0.15, 0.2) is 0 Å². The van der Waals surface area contributed by atoms with E-state index in [0.717, 1.165) is 36.2 Å². The molecule has 0 bridgehead atoms. The summed E-state index contributed by atoms with van der Waals surface area (Å²) in [4.78, 5) is 0. The Morgan fingerprint density at radius 2 is 2.20 bits per heavy atom. The fourth-order valence-corrected chi connectivity index (χ4v) is 3.03. The van der Waals surface area contributed by atoms with Crippen LogP contribution in [0.3, 0.4) is 0 Å². The van der Waals surface area contributed by atoms with Crippen LogP contribution in [0.1, 0.15) is 41.4 Å². The van der Waals surface area contributed by atoms with Crippen LogP contribution in [0.25, 0.3) is 5.69 Å². The highest BCUT2D eigenvalue weighted by molar-refractivity contribution is 5.47. The molecule has 4 heteroatoms. The third-order valence-electron chi connectivity index (χ3n) is 3.97. The molecule has 102 valence electrons. The van der Waals surface area contributed by atoms with Crippen molar-refractivity contribution < 1.29 is 4.39 Å². The largest absolute Gasteiger partial charge is 0.324 e. The van der Waals surface area contributed by atoms with Crippen molar-refractivity contribution in [1.29, 1.82) is 5.26 Å². The van der Waals surface area contributed by atoms with E-state index in [2.05, 4.69) is 6.07 Å². The second kappa shape index (κ2) is 4.77. The minimum atomic E-state index is -0.371. The van der Waals surface area contributed by atoms with Crippen molar-refractivity contribution in [2.45, 2.75) is 32.2 Å². The van der Waals surface area contributed by atoms with Gasteiger partial charge in [-0.15, -0.1) is 0 Å². The molecular weight excluding hydrogens is 253 g/mol. The van der Waals surface area contributed by atoms with Crippen molar-refractivity contribution >= 4 is 0 Å². The Balaban J connectivity index is 2.18. The highest BCUT2D eigenvalue weighted by atomic mass is 19.1. The second-order valence-electron chi connectivity index (χ2n) is 5.30. The molecule has 1 aromatic heterocycles. The Kier molecular flexibility index (Phi) is 3.07. The van der Waals surface area contributed by atoms with Crippen LogP contribution in [0.5, 0.6) is 0 Å². The fraction of sp³-hybridized carbons (Fsp3) is 0.312. The number of nitriles is 1. The molecule has 1 heterocycles. The minimum Gasteiger partial charge on any atom is -0.324 e. The minimum absolute atomic E-state index is 0.0418. The number of halogens is 1. The van der Waals surface area contributed by atoms with E-state index in [9.17, 15) is 4.39 Å². The molecule has 2 N–H and O–H groups in total. The topological polar surface area (TPSA) is 54.7 Å². The number of hydrogen-bond donors (Lipinski definition) is 1. The van der Waals surface area contributed by atoms with Crippen LogP contribution in [0.15, 0.2) is 24.3 Å². The van der Waals surface area contributed by atoms with Gasteiger partial charge in [0.05, 0.1) is 17.3 Å². The maximum atomic E-state index is 14.2. The lowest BCUT2D eigenvalue weighted by Gasteiger charge is -2.21. The van der Waals surface area contributed by atoms with Gasteiger partial charge in [-0.05, 0) is 56.0 Å². The Labute approximate surface area is 117 Å². The summed E-state index contributed by atoms with van der Waals surface area (Å²) in [6, 6.07) is 8.64. The number of nitrogens with two attached hydrogens (primary N) is 1. The Morgan fingerprint density at radius 1 is 1.40 bits per heavy atom. The zero-order valence-corrected chi connectivity index (χ0v) is 11.4. The van der Waals surface area contributed by atoms with Gasteiger partial charge < -0.3 is 10.3 Å². The quantitative estimate of drug-likeness (QED) is 0.864. The number of benzene rings is 1. The van der Waals surface area contributed by atoms with Crippen molar-refractivity contribution in [3.63, 3.8) is 0 Å². The van der Waals surface area contributed by atoms with Crippen molar-refractivity contribution in [3.05, 3.63) is 52.6 Å². The highest BCUT2D eigenvalue weighted by Gasteiger charge is 2.23. The van der Waals surface area contributed by atoms with Crippen LogP contribution < -0.4 is 5.73 Å². The van der Waals surface area contributed by atoms with Crippen molar-refractivity contribution in [2.24, 2.45) is 5.73 Å². The third-order valence-corrected chi connectivity index (χ3v) is 3.97. The van der Waals surface area contributed by atoms with Gasteiger partial charge in [0.2, 0.25) is 0 Å². The average molecular weight is 269 g/mol. The highest BCUT2D eigenvalue weighted by Crippen LogP contribution is 2.33. The molecule has 0 radical (unpaired) electrons. The van der Waals surface area contributed by atoms with Crippen LogP contribution in [-0.2, 0) is 6.42 Å². The molecule has 3 rings (SSSR count). The van der Waals surface area contributed by atoms with E-state index < -0.39 is 0 Å². The van der Waals surface area contributed by atoms with Gasteiger partial charge >= 0.3 is 0 Å². The van der Waals surface area contributed by atoms with E-state index in [-0.39, 0.29) is 11.9 Å². The maximum absolute atomic E-state index is 14.2. The molecule has 0 aliphatic heterocycles. The van der Waals surface area contributed by atoms with Crippen LogP contribution in [0.4, 0.5) is 4.39 Å². The standard InChI is InChI=1S/C16H16FN3/c1-10-7-12-14(19)3-2-4-15(12)20(10)16-6-5-11(9-18)8-13(16)17/h5-8,14H,2-4,19H2,1H3. The zero-order valence-electron chi connectivity index (χ0n) is 11.4. The Bertz CT molecular complexity index is 709. The number of aromatic nitrogens is 1. The second-order valence-corrected chi connectivity index (χ2v) is 5.30. The molecule has 20 heavy (non-hydrogen) atoms. The molecule has 0 amide bonds. The number of nitrogens with zero attached hydrogens (tertiary/aromatic N) is 2. The van der Waals surface area contributed by atoms with Gasteiger partial charge in [0, 0.05) is 17.4 Å². The summed E-state index contributed by atoms with van der Waals surface area (Å²) in [5.74, 6) is -0.371. The van der Waals surface area contributed by atoms with Gasteiger partial charge in [-0.3, -0.25) is 0 Å². The van der Waals surface area contributed by atoms with Crippen LogP contribution in [-0.4, -0.2) is 4.57 Å². The van der Waals surface area contributed by atoms with Crippen molar-refractivity contribution in [2.75, 3.05) is 0 Å². The van der Waals surface area contributed by atoms with E-state index in [1.165, 1.54) is 6.07 Å². The summed E-state index contributed by atoms with van der Waals surface area (Å²) in [5, 5.41) is 8.82. The van der Waals surface area contributed by atoms with E-state index in [4.69, 9.17) is 11.0 Å².